The van der Waals surface area contributed by atoms with Gasteiger partial charge in [0.1, 0.15) is 11.9 Å². The molecule has 0 radical (unpaired) electrons. The number of nitrogens with zero attached hydrogens (tertiary/aromatic N) is 2. The van der Waals surface area contributed by atoms with E-state index in [4.69, 9.17) is 16.3 Å². The van der Waals surface area contributed by atoms with E-state index in [9.17, 15) is 4.79 Å². The van der Waals surface area contributed by atoms with Gasteiger partial charge in [0.2, 0.25) is 0 Å². The highest BCUT2D eigenvalue weighted by Crippen LogP contribution is 2.25. The van der Waals surface area contributed by atoms with Crippen LogP contribution in [-0.2, 0) is 15.4 Å². The highest BCUT2D eigenvalue weighted by molar-refractivity contribution is 6.17. The number of halogens is 1. The smallest absolute Gasteiger partial charge is 0.328 e. The van der Waals surface area contributed by atoms with Crippen LogP contribution in [0.2, 0.25) is 0 Å². The minimum atomic E-state index is -0.430. The third kappa shape index (κ3) is 2.45. The first kappa shape index (κ1) is 13.9. The molecule has 0 aliphatic heterocycles. The van der Waals surface area contributed by atoms with Crippen molar-refractivity contribution in [2.24, 2.45) is 0 Å². The number of alkyl halides is 1. The summed E-state index contributed by atoms with van der Waals surface area (Å²) in [6.07, 6.45) is 0. The zero-order valence-corrected chi connectivity index (χ0v) is 12.1. The topological polar surface area (TPSA) is 44.1 Å². The lowest BCUT2D eigenvalue weighted by Gasteiger charge is -2.15. The Kier molecular flexibility index (Phi) is 4.10. The van der Waals surface area contributed by atoms with Gasteiger partial charge in [-0.15, -0.1) is 11.6 Å². The lowest BCUT2D eigenvalue weighted by atomic mass is 10.2. The van der Waals surface area contributed by atoms with Crippen molar-refractivity contribution in [1.82, 2.24) is 9.55 Å². The number of hydrogen-bond acceptors (Lipinski definition) is 3. The highest BCUT2D eigenvalue weighted by Gasteiger charge is 2.22. The summed E-state index contributed by atoms with van der Waals surface area (Å²) >= 11 is 5.95. The number of aromatic nitrogens is 2. The van der Waals surface area contributed by atoms with Gasteiger partial charge in [0, 0.05) is 0 Å². The first-order valence-electron chi connectivity index (χ1n) is 6.29. The molecule has 0 spiro atoms. The van der Waals surface area contributed by atoms with Crippen LogP contribution in [0.4, 0.5) is 0 Å². The Labute approximate surface area is 117 Å². The quantitative estimate of drug-likeness (QED) is 0.638. The molecule has 1 aromatic carbocycles. The van der Waals surface area contributed by atoms with Gasteiger partial charge in [-0.1, -0.05) is 12.1 Å². The van der Waals surface area contributed by atoms with Gasteiger partial charge in [-0.3, -0.25) is 0 Å². The van der Waals surface area contributed by atoms with Crippen molar-refractivity contribution in [2.45, 2.75) is 32.7 Å². The van der Waals surface area contributed by atoms with Gasteiger partial charge in [0.05, 0.1) is 23.5 Å². The fourth-order valence-electron chi connectivity index (χ4n) is 2.20. The first-order valence-corrected chi connectivity index (χ1v) is 6.82. The molecule has 1 aromatic heterocycles. The molecule has 2 aromatic rings. The van der Waals surface area contributed by atoms with E-state index >= 15 is 0 Å². The third-order valence-electron chi connectivity index (χ3n) is 3.13. The van der Waals surface area contributed by atoms with Crippen LogP contribution in [0.1, 0.15) is 31.3 Å². The fraction of sp³-hybridized carbons (Fsp3) is 0.429. The summed E-state index contributed by atoms with van der Waals surface area (Å²) in [5.41, 5.74) is 2.86. The monoisotopic (exact) mass is 280 g/mol. The van der Waals surface area contributed by atoms with Gasteiger partial charge in [-0.05, 0) is 32.4 Å². The van der Waals surface area contributed by atoms with E-state index in [2.05, 4.69) is 4.98 Å². The van der Waals surface area contributed by atoms with Crippen LogP contribution in [-0.4, -0.2) is 22.1 Å². The van der Waals surface area contributed by atoms with Crippen LogP contribution < -0.4 is 0 Å². The van der Waals surface area contributed by atoms with Crippen LogP contribution in [0.25, 0.3) is 11.0 Å². The number of imidazole rings is 1. The molecule has 2 rings (SSSR count). The van der Waals surface area contributed by atoms with E-state index < -0.39 is 6.04 Å². The second-order valence-corrected chi connectivity index (χ2v) is 4.67. The van der Waals surface area contributed by atoms with E-state index in [1.165, 1.54) is 0 Å². The number of para-hydroxylation sites is 1. The predicted molar refractivity (Wildman–Crippen MR) is 75.4 cm³/mol. The van der Waals surface area contributed by atoms with E-state index in [1.807, 2.05) is 29.7 Å². The summed E-state index contributed by atoms with van der Waals surface area (Å²) < 4.78 is 6.93. The maximum absolute atomic E-state index is 11.9. The van der Waals surface area contributed by atoms with Gasteiger partial charge in [-0.2, -0.15) is 0 Å². The Morgan fingerprint density at radius 1 is 1.53 bits per heavy atom. The van der Waals surface area contributed by atoms with Gasteiger partial charge in [-0.25, -0.2) is 9.78 Å². The molecule has 0 fully saturated rings. The van der Waals surface area contributed by atoms with Gasteiger partial charge in [0.15, 0.2) is 0 Å². The number of benzene rings is 1. The zero-order valence-electron chi connectivity index (χ0n) is 11.3. The number of esters is 1. The average Bonchev–Trinajstić information content (AvgIpc) is 2.78. The maximum atomic E-state index is 11.9. The Bertz CT molecular complexity index is 607. The number of fused-ring (bicyclic) bond motifs is 1. The van der Waals surface area contributed by atoms with Crippen LogP contribution in [0.15, 0.2) is 18.2 Å². The molecule has 1 unspecified atom stereocenters. The molecule has 0 saturated carbocycles. The van der Waals surface area contributed by atoms with E-state index in [-0.39, 0.29) is 11.8 Å². The van der Waals surface area contributed by atoms with Crippen molar-refractivity contribution in [3.8, 4) is 0 Å². The largest absolute Gasteiger partial charge is 0.464 e. The number of carbonyl (C=O) groups is 1. The van der Waals surface area contributed by atoms with Crippen LogP contribution in [0.5, 0.6) is 0 Å². The first-order chi connectivity index (χ1) is 9.10. The number of aryl methyl sites for hydroxylation is 1. The minimum absolute atomic E-state index is 0.262. The van der Waals surface area contributed by atoms with E-state index in [0.29, 0.717) is 12.4 Å². The molecule has 19 heavy (non-hydrogen) atoms. The molecular weight excluding hydrogens is 264 g/mol. The van der Waals surface area contributed by atoms with Gasteiger partial charge >= 0.3 is 5.97 Å². The minimum Gasteiger partial charge on any atom is -0.464 e. The number of ether oxygens (including phenoxy) is 1. The number of rotatable bonds is 4. The van der Waals surface area contributed by atoms with Crippen molar-refractivity contribution in [3.63, 3.8) is 0 Å². The molecule has 0 bridgehead atoms. The normalized spacial score (nSPS) is 12.6. The molecule has 0 aliphatic rings. The molecule has 0 aliphatic carbocycles. The predicted octanol–water partition coefficient (Wildman–Crippen LogP) is 3.21. The summed E-state index contributed by atoms with van der Waals surface area (Å²) in [6, 6.07) is 5.46. The van der Waals surface area contributed by atoms with Crippen LogP contribution in [0.3, 0.4) is 0 Å². The second-order valence-electron chi connectivity index (χ2n) is 4.40. The Balaban J connectivity index is 2.57. The van der Waals surface area contributed by atoms with Crippen molar-refractivity contribution in [1.29, 1.82) is 0 Å². The summed E-state index contributed by atoms with van der Waals surface area (Å²) in [5.74, 6) is 0.680. The standard InChI is InChI=1S/C14H17ClN2O2/c1-4-19-14(18)10(3)17-11-7-5-6-9(2)13(11)16-12(17)8-15/h5-7,10H,4,8H2,1-3H3. The Morgan fingerprint density at radius 2 is 2.26 bits per heavy atom. The molecule has 4 nitrogen and oxygen atoms in total. The van der Waals surface area contributed by atoms with Crippen molar-refractivity contribution in [2.75, 3.05) is 6.61 Å². The van der Waals surface area contributed by atoms with Gasteiger partial charge in [0.25, 0.3) is 0 Å². The van der Waals surface area contributed by atoms with Crippen LogP contribution in [0, 0.1) is 6.92 Å². The molecule has 1 atom stereocenters. The summed E-state index contributed by atoms with van der Waals surface area (Å²) in [6.45, 7) is 5.96. The Hall–Kier alpha value is -1.55. The fourth-order valence-corrected chi connectivity index (χ4v) is 2.39. The highest BCUT2D eigenvalue weighted by atomic mass is 35.5. The van der Waals surface area contributed by atoms with Gasteiger partial charge < -0.3 is 9.30 Å². The zero-order chi connectivity index (χ0) is 14.0. The molecule has 0 saturated heterocycles. The second kappa shape index (κ2) is 5.61. The summed E-state index contributed by atoms with van der Waals surface area (Å²) in [5, 5.41) is 0. The molecule has 102 valence electrons. The van der Waals surface area contributed by atoms with E-state index in [1.54, 1.807) is 13.8 Å². The Morgan fingerprint density at radius 3 is 2.89 bits per heavy atom. The summed E-state index contributed by atoms with van der Waals surface area (Å²) in [7, 11) is 0. The number of carbonyl (C=O) groups excluding carboxylic acids is 1. The average molecular weight is 281 g/mol. The molecular formula is C14H17ClN2O2. The van der Waals surface area contributed by atoms with Crippen molar-refractivity contribution < 1.29 is 9.53 Å². The SMILES string of the molecule is CCOC(=O)C(C)n1c(CCl)nc2c(C)cccc21. The maximum Gasteiger partial charge on any atom is 0.328 e. The molecule has 0 N–H and O–H groups in total. The third-order valence-corrected chi connectivity index (χ3v) is 3.37. The lowest BCUT2D eigenvalue weighted by molar-refractivity contribution is -0.146. The van der Waals surface area contributed by atoms with Crippen molar-refractivity contribution in [3.05, 3.63) is 29.6 Å². The lowest BCUT2D eigenvalue weighted by Crippen LogP contribution is -2.20. The number of hydrogen-bond donors (Lipinski definition) is 0. The van der Waals surface area contributed by atoms with E-state index in [0.717, 1.165) is 16.6 Å². The molecule has 0 amide bonds. The van der Waals surface area contributed by atoms with Crippen molar-refractivity contribution >= 4 is 28.6 Å². The molecule has 1 heterocycles. The van der Waals surface area contributed by atoms with Crippen LogP contribution >= 0.6 is 11.6 Å². The summed E-state index contributed by atoms with van der Waals surface area (Å²) in [4.78, 5) is 16.4. The molecule has 5 heteroatoms.